The number of cyclic esters (lactones) is 2. The molecule has 0 aromatic rings. The molecule has 1 aliphatic heterocycles. The van der Waals surface area contributed by atoms with Crippen molar-refractivity contribution in [2.75, 3.05) is 7.11 Å². The molecule has 12 heavy (non-hydrogen) atoms. The quantitative estimate of drug-likeness (QED) is 0.418. The van der Waals surface area contributed by atoms with Gasteiger partial charge in [0.1, 0.15) is 0 Å². The molecule has 0 bridgehead atoms. The number of carbonyl (C=O) groups excluding carboxylic acids is 2. The molecule has 2 rings (SSSR count). The van der Waals surface area contributed by atoms with Gasteiger partial charge in [-0.15, -0.1) is 0 Å². The largest absolute Gasteiger partial charge is 0.393 e. The maximum atomic E-state index is 11.2. The minimum Gasteiger partial charge on any atom is -0.393 e. The molecule has 1 spiro atoms. The molecule has 0 aromatic carbocycles. The van der Waals surface area contributed by atoms with Crippen LogP contribution in [0.1, 0.15) is 19.3 Å². The second-order valence-electron chi connectivity index (χ2n) is 3.48. The molecular formula is C8H10O4. The summed E-state index contributed by atoms with van der Waals surface area (Å²) < 4.78 is 9.52. The molecule has 1 saturated carbocycles. The van der Waals surface area contributed by atoms with Crippen LogP contribution in [0.2, 0.25) is 0 Å². The van der Waals surface area contributed by atoms with Gasteiger partial charge in [0.15, 0.2) is 0 Å². The lowest BCUT2D eigenvalue weighted by Crippen LogP contribution is -2.45. The number of hydrogen-bond acceptors (Lipinski definition) is 4. The predicted octanol–water partition coefficient (Wildman–Crippen LogP) is 0.255. The van der Waals surface area contributed by atoms with E-state index in [0.29, 0.717) is 12.8 Å². The zero-order valence-electron chi connectivity index (χ0n) is 6.83. The Bertz CT molecular complexity index is 239. The Labute approximate surface area is 69.8 Å². The van der Waals surface area contributed by atoms with Gasteiger partial charge in [0, 0.05) is 7.11 Å². The minimum atomic E-state index is -0.516. The summed E-state index contributed by atoms with van der Waals surface area (Å²) in [7, 11) is 1.61. The Morgan fingerprint density at radius 2 is 2.17 bits per heavy atom. The Kier molecular flexibility index (Phi) is 1.48. The fraction of sp³-hybridized carbons (Fsp3) is 0.750. The zero-order chi connectivity index (χ0) is 8.77. The van der Waals surface area contributed by atoms with Crippen LogP contribution in [0.3, 0.4) is 0 Å². The molecule has 1 heterocycles. The van der Waals surface area contributed by atoms with Crippen molar-refractivity contribution < 1.29 is 19.1 Å². The van der Waals surface area contributed by atoms with Gasteiger partial charge < -0.3 is 9.47 Å². The van der Waals surface area contributed by atoms with E-state index in [1.54, 1.807) is 7.11 Å². The van der Waals surface area contributed by atoms with Gasteiger partial charge in [-0.3, -0.25) is 9.59 Å². The molecule has 0 atom stereocenters. The molecule has 1 saturated heterocycles. The lowest BCUT2D eigenvalue weighted by molar-refractivity contribution is -0.161. The average Bonchev–Trinajstić information content (AvgIpc) is 2.22. The molecule has 0 amide bonds. The SMILES string of the molecule is COC1CC2(CC(=O)OC2=O)C1. The predicted molar refractivity (Wildman–Crippen MR) is 38.2 cm³/mol. The second kappa shape index (κ2) is 2.29. The third-order valence-electron chi connectivity index (χ3n) is 2.69. The summed E-state index contributed by atoms with van der Waals surface area (Å²) in [5, 5.41) is 0. The van der Waals surface area contributed by atoms with Gasteiger partial charge in [0.2, 0.25) is 0 Å². The molecule has 0 unspecified atom stereocenters. The molecule has 4 heteroatoms. The first-order chi connectivity index (χ1) is 5.66. The minimum absolute atomic E-state index is 0.128. The van der Waals surface area contributed by atoms with E-state index in [1.165, 1.54) is 0 Å². The van der Waals surface area contributed by atoms with E-state index in [2.05, 4.69) is 4.74 Å². The van der Waals surface area contributed by atoms with E-state index >= 15 is 0 Å². The van der Waals surface area contributed by atoms with Crippen molar-refractivity contribution >= 4 is 11.9 Å². The van der Waals surface area contributed by atoms with Crippen molar-refractivity contribution in [1.82, 2.24) is 0 Å². The Morgan fingerprint density at radius 3 is 2.58 bits per heavy atom. The van der Waals surface area contributed by atoms with E-state index in [4.69, 9.17) is 4.74 Å². The normalized spacial score (nSPS) is 39.9. The van der Waals surface area contributed by atoms with Crippen LogP contribution in [-0.4, -0.2) is 25.2 Å². The first kappa shape index (κ1) is 7.73. The number of methoxy groups -OCH3 is 1. The van der Waals surface area contributed by atoms with Gasteiger partial charge in [-0.2, -0.15) is 0 Å². The fourth-order valence-electron chi connectivity index (χ4n) is 1.89. The summed E-state index contributed by atoms with van der Waals surface area (Å²) in [5.41, 5.74) is -0.516. The van der Waals surface area contributed by atoms with Crippen molar-refractivity contribution in [3.05, 3.63) is 0 Å². The average molecular weight is 170 g/mol. The third kappa shape index (κ3) is 0.876. The molecule has 2 fully saturated rings. The van der Waals surface area contributed by atoms with Crippen LogP contribution in [0.25, 0.3) is 0 Å². The van der Waals surface area contributed by atoms with Crippen molar-refractivity contribution in [1.29, 1.82) is 0 Å². The monoisotopic (exact) mass is 170 g/mol. The van der Waals surface area contributed by atoms with E-state index < -0.39 is 11.4 Å². The highest BCUT2D eigenvalue weighted by atomic mass is 16.6. The summed E-state index contributed by atoms with van der Waals surface area (Å²) in [6, 6.07) is 0. The Balaban J connectivity index is 2.06. The summed E-state index contributed by atoms with van der Waals surface area (Å²) in [4.78, 5) is 21.9. The number of carbonyl (C=O) groups is 2. The van der Waals surface area contributed by atoms with Gasteiger partial charge in [-0.05, 0) is 12.8 Å². The van der Waals surface area contributed by atoms with E-state index in [9.17, 15) is 9.59 Å². The molecule has 0 aromatic heterocycles. The van der Waals surface area contributed by atoms with E-state index in [-0.39, 0.29) is 18.5 Å². The maximum Gasteiger partial charge on any atom is 0.320 e. The first-order valence-corrected chi connectivity index (χ1v) is 3.94. The van der Waals surface area contributed by atoms with Crippen molar-refractivity contribution in [3.8, 4) is 0 Å². The van der Waals surface area contributed by atoms with Crippen LogP contribution in [0.15, 0.2) is 0 Å². The summed E-state index contributed by atoms with van der Waals surface area (Å²) in [5.74, 6) is -0.754. The summed E-state index contributed by atoms with van der Waals surface area (Å²) in [6.07, 6.45) is 1.64. The van der Waals surface area contributed by atoms with Crippen LogP contribution in [0.5, 0.6) is 0 Å². The Hall–Kier alpha value is -0.900. The van der Waals surface area contributed by atoms with Crippen LogP contribution in [0.4, 0.5) is 0 Å². The summed E-state index contributed by atoms with van der Waals surface area (Å²) >= 11 is 0. The highest BCUT2D eigenvalue weighted by molar-refractivity contribution is 5.98. The molecule has 0 N–H and O–H groups in total. The van der Waals surface area contributed by atoms with Gasteiger partial charge in [0.05, 0.1) is 17.9 Å². The first-order valence-electron chi connectivity index (χ1n) is 3.94. The van der Waals surface area contributed by atoms with E-state index in [1.807, 2.05) is 0 Å². The zero-order valence-corrected chi connectivity index (χ0v) is 6.83. The Morgan fingerprint density at radius 1 is 1.50 bits per heavy atom. The third-order valence-corrected chi connectivity index (χ3v) is 2.69. The molecular weight excluding hydrogens is 160 g/mol. The molecule has 1 aliphatic carbocycles. The lowest BCUT2D eigenvalue weighted by Gasteiger charge is -2.39. The van der Waals surface area contributed by atoms with Crippen LogP contribution in [0, 0.1) is 5.41 Å². The van der Waals surface area contributed by atoms with Crippen molar-refractivity contribution in [2.45, 2.75) is 25.4 Å². The van der Waals surface area contributed by atoms with Crippen molar-refractivity contribution in [2.24, 2.45) is 5.41 Å². The smallest absolute Gasteiger partial charge is 0.320 e. The van der Waals surface area contributed by atoms with Crippen LogP contribution in [-0.2, 0) is 19.1 Å². The molecule has 4 nitrogen and oxygen atoms in total. The highest BCUT2D eigenvalue weighted by Crippen LogP contribution is 2.49. The maximum absolute atomic E-state index is 11.2. The number of hydrogen-bond donors (Lipinski definition) is 0. The molecule has 0 radical (unpaired) electrons. The lowest BCUT2D eigenvalue weighted by atomic mass is 9.66. The van der Waals surface area contributed by atoms with Gasteiger partial charge in [-0.1, -0.05) is 0 Å². The van der Waals surface area contributed by atoms with Crippen LogP contribution < -0.4 is 0 Å². The second-order valence-corrected chi connectivity index (χ2v) is 3.48. The van der Waals surface area contributed by atoms with Crippen molar-refractivity contribution in [3.63, 3.8) is 0 Å². The fourth-order valence-corrected chi connectivity index (χ4v) is 1.89. The standard InChI is InChI=1S/C8H10O4/c1-11-5-2-8(3-5)4-6(9)12-7(8)10/h5H,2-4H2,1H3. The van der Waals surface area contributed by atoms with Gasteiger partial charge in [-0.25, -0.2) is 0 Å². The summed E-state index contributed by atoms with van der Waals surface area (Å²) in [6.45, 7) is 0. The topological polar surface area (TPSA) is 52.6 Å². The molecule has 2 aliphatic rings. The van der Waals surface area contributed by atoms with Gasteiger partial charge >= 0.3 is 11.9 Å². The number of ether oxygens (including phenoxy) is 2. The van der Waals surface area contributed by atoms with Gasteiger partial charge in [0.25, 0.3) is 0 Å². The van der Waals surface area contributed by atoms with Crippen LogP contribution >= 0.6 is 0 Å². The highest BCUT2D eigenvalue weighted by Gasteiger charge is 2.57. The van der Waals surface area contributed by atoms with E-state index in [0.717, 1.165) is 0 Å². The number of rotatable bonds is 1. The number of esters is 2. The molecule has 66 valence electrons.